The maximum Gasteiger partial charge on any atom is 0.255 e. The summed E-state index contributed by atoms with van der Waals surface area (Å²) in [6.45, 7) is 1.25. The molecule has 1 aliphatic rings. The molecule has 3 aromatic heterocycles. The molecule has 0 radical (unpaired) electrons. The van der Waals surface area contributed by atoms with Gasteiger partial charge in [-0.05, 0) is 47.0 Å². The normalized spacial score (nSPS) is 17.3. The van der Waals surface area contributed by atoms with E-state index < -0.39 is 0 Å². The Kier molecular flexibility index (Phi) is 4.41. The molecule has 9 heteroatoms. The molecule has 0 saturated carbocycles. The van der Waals surface area contributed by atoms with Crippen LogP contribution < -0.4 is 5.73 Å². The number of methoxy groups -OCH3 is 1. The summed E-state index contributed by atoms with van der Waals surface area (Å²) in [5.41, 5.74) is 7.48. The first-order valence-corrected chi connectivity index (χ1v) is 9.07. The number of aromatic nitrogens is 3. The minimum Gasteiger partial charge on any atom is -0.446 e. The fourth-order valence-electron chi connectivity index (χ4n) is 3.30. The molecule has 136 valence electrons. The van der Waals surface area contributed by atoms with Crippen LogP contribution in [-0.2, 0) is 4.74 Å². The van der Waals surface area contributed by atoms with Crippen molar-refractivity contribution in [2.75, 3.05) is 26.0 Å². The average molecular weight is 420 g/mol. The summed E-state index contributed by atoms with van der Waals surface area (Å²) in [7, 11) is 1.65. The minimum atomic E-state index is -0.0732. The highest BCUT2D eigenvalue weighted by Gasteiger charge is 2.30. The number of anilines is 1. The molecule has 0 aliphatic carbocycles. The van der Waals surface area contributed by atoms with E-state index in [9.17, 15) is 4.79 Å². The van der Waals surface area contributed by atoms with Crippen LogP contribution in [-0.4, -0.2) is 51.7 Å². The lowest BCUT2D eigenvalue weighted by molar-refractivity contribution is 0.0630. The number of amides is 1. The first-order chi connectivity index (χ1) is 12.6. The molecule has 1 saturated heterocycles. The van der Waals surface area contributed by atoms with Crippen LogP contribution in [0.25, 0.3) is 17.2 Å². The zero-order valence-corrected chi connectivity index (χ0v) is 15.8. The Morgan fingerprint density at radius 1 is 1.50 bits per heavy atom. The summed E-state index contributed by atoms with van der Waals surface area (Å²) in [6.07, 6.45) is 3.57. The van der Waals surface area contributed by atoms with E-state index in [4.69, 9.17) is 14.9 Å². The summed E-state index contributed by atoms with van der Waals surface area (Å²) < 4.78 is 12.8. The third-order valence-corrected chi connectivity index (χ3v) is 4.93. The molecular formula is C17H18BrN5O3. The minimum absolute atomic E-state index is 0.0732. The quantitative estimate of drug-likeness (QED) is 0.697. The van der Waals surface area contributed by atoms with Crippen LogP contribution in [0.5, 0.6) is 0 Å². The van der Waals surface area contributed by atoms with Gasteiger partial charge in [-0.3, -0.25) is 4.79 Å². The van der Waals surface area contributed by atoms with Crippen LogP contribution in [0.3, 0.4) is 0 Å². The molecule has 8 nitrogen and oxygen atoms in total. The SMILES string of the molecule is COC[C@@H]1CCCN1C(=O)c1cc(N)c2nc(-c3ccc(Br)o3)nn2c1. The van der Waals surface area contributed by atoms with Crippen LogP contribution in [0, 0.1) is 0 Å². The molecular weight excluding hydrogens is 402 g/mol. The van der Waals surface area contributed by atoms with E-state index in [2.05, 4.69) is 26.0 Å². The first kappa shape index (κ1) is 17.0. The van der Waals surface area contributed by atoms with Crippen LogP contribution in [0.4, 0.5) is 5.69 Å². The number of pyridine rings is 1. The number of halogens is 1. The van der Waals surface area contributed by atoms with Crippen molar-refractivity contribution in [2.24, 2.45) is 0 Å². The Hall–Kier alpha value is -2.39. The van der Waals surface area contributed by atoms with Crippen molar-refractivity contribution in [1.29, 1.82) is 0 Å². The van der Waals surface area contributed by atoms with Crippen LogP contribution >= 0.6 is 15.9 Å². The van der Waals surface area contributed by atoms with Gasteiger partial charge in [-0.15, -0.1) is 5.10 Å². The largest absolute Gasteiger partial charge is 0.446 e. The van der Waals surface area contributed by atoms with Gasteiger partial charge in [0.15, 0.2) is 16.1 Å². The van der Waals surface area contributed by atoms with E-state index in [1.165, 1.54) is 4.52 Å². The monoisotopic (exact) mass is 419 g/mol. The molecule has 1 aliphatic heterocycles. The van der Waals surface area contributed by atoms with E-state index in [0.29, 0.717) is 46.3 Å². The molecule has 0 aromatic carbocycles. The highest BCUT2D eigenvalue weighted by Crippen LogP contribution is 2.26. The van der Waals surface area contributed by atoms with Crippen molar-refractivity contribution in [2.45, 2.75) is 18.9 Å². The number of carbonyl (C=O) groups is 1. The lowest BCUT2D eigenvalue weighted by atomic mass is 10.2. The van der Waals surface area contributed by atoms with Crippen molar-refractivity contribution < 1.29 is 13.9 Å². The van der Waals surface area contributed by atoms with E-state index >= 15 is 0 Å². The number of nitrogen functional groups attached to an aromatic ring is 1. The molecule has 1 atom stereocenters. The highest BCUT2D eigenvalue weighted by molar-refractivity contribution is 9.10. The molecule has 3 aromatic rings. The summed E-state index contributed by atoms with van der Waals surface area (Å²) in [5.74, 6) is 0.855. The lowest BCUT2D eigenvalue weighted by Gasteiger charge is -2.24. The molecule has 26 heavy (non-hydrogen) atoms. The number of fused-ring (bicyclic) bond motifs is 1. The van der Waals surface area contributed by atoms with Gasteiger partial charge in [-0.1, -0.05) is 0 Å². The molecule has 0 unspecified atom stereocenters. The summed E-state index contributed by atoms with van der Waals surface area (Å²) in [5, 5.41) is 4.40. The number of nitrogens with zero attached hydrogens (tertiary/aromatic N) is 4. The number of furan rings is 1. The number of carbonyl (C=O) groups excluding carboxylic acids is 1. The Labute approximate surface area is 158 Å². The maximum absolute atomic E-state index is 12.9. The summed E-state index contributed by atoms with van der Waals surface area (Å²) >= 11 is 3.26. The summed E-state index contributed by atoms with van der Waals surface area (Å²) in [6, 6.07) is 5.27. The number of ether oxygens (including phenoxy) is 1. The van der Waals surface area contributed by atoms with E-state index in [0.717, 1.165) is 12.8 Å². The van der Waals surface area contributed by atoms with Crippen molar-refractivity contribution in [3.8, 4) is 11.6 Å². The zero-order chi connectivity index (χ0) is 18.3. The second-order valence-electron chi connectivity index (χ2n) is 6.24. The average Bonchev–Trinajstić information content (AvgIpc) is 3.33. The molecule has 1 fully saturated rings. The Morgan fingerprint density at radius 3 is 3.08 bits per heavy atom. The van der Waals surface area contributed by atoms with E-state index in [1.54, 1.807) is 31.5 Å². The Morgan fingerprint density at radius 2 is 2.35 bits per heavy atom. The third kappa shape index (κ3) is 2.97. The second-order valence-corrected chi connectivity index (χ2v) is 7.02. The zero-order valence-electron chi connectivity index (χ0n) is 14.2. The van der Waals surface area contributed by atoms with Crippen LogP contribution in [0.1, 0.15) is 23.2 Å². The van der Waals surface area contributed by atoms with Crippen molar-refractivity contribution >= 4 is 33.2 Å². The number of likely N-dealkylation sites (tertiary alicyclic amines) is 1. The van der Waals surface area contributed by atoms with Gasteiger partial charge in [0, 0.05) is 19.9 Å². The van der Waals surface area contributed by atoms with Gasteiger partial charge in [0.25, 0.3) is 5.91 Å². The number of hydrogen-bond acceptors (Lipinski definition) is 6. The molecule has 1 amide bonds. The second kappa shape index (κ2) is 6.73. The summed E-state index contributed by atoms with van der Waals surface area (Å²) in [4.78, 5) is 19.2. The standard InChI is InChI=1S/C17H18BrN5O3/c1-25-9-11-3-2-6-22(11)17(24)10-7-12(19)16-20-15(21-23(16)8-10)13-4-5-14(18)26-13/h4-5,7-8,11H,2-3,6,9,19H2,1H3/t11-/m0/s1. The third-order valence-electron chi connectivity index (χ3n) is 4.50. The highest BCUT2D eigenvalue weighted by atomic mass is 79.9. The number of rotatable bonds is 4. The maximum atomic E-state index is 12.9. The Bertz CT molecular complexity index is 967. The molecule has 4 rings (SSSR count). The fourth-order valence-corrected chi connectivity index (χ4v) is 3.61. The smallest absolute Gasteiger partial charge is 0.255 e. The van der Waals surface area contributed by atoms with Gasteiger partial charge in [-0.25, -0.2) is 9.50 Å². The number of nitrogens with two attached hydrogens (primary N) is 1. The number of hydrogen-bond donors (Lipinski definition) is 1. The van der Waals surface area contributed by atoms with Crippen LogP contribution in [0.15, 0.2) is 33.5 Å². The van der Waals surface area contributed by atoms with Gasteiger partial charge in [-0.2, -0.15) is 0 Å². The van der Waals surface area contributed by atoms with Gasteiger partial charge in [0.2, 0.25) is 5.82 Å². The fraction of sp³-hybridized carbons (Fsp3) is 0.353. The van der Waals surface area contributed by atoms with Crippen molar-refractivity contribution in [3.05, 3.63) is 34.6 Å². The van der Waals surface area contributed by atoms with Gasteiger partial charge < -0.3 is 19.8 Å². The molecule has 4 heterocycles. The van der Waals surface area contributed by atoms with Gasteiger partial charge in [0.05, 0.1) is 23.9 Å². The molecule has 0 spiro atoms. The lowest BCUT2D eigenvalue weighted by Crippen LogP contribution is -2.38. The topological polar surface area (TPSA) is 98.9 Å². The first-order valence-electron chi connectivity index (χ1n) is 8.28. The molecule has 0 bridgehead atoms. The van der Waals surface area contributed by atoms with Gasteiger partial charge >= 0.3 is 0 Å². The van der Waals surface area contributed by atoms with Crippen molar-refractivity contribution in [1.82, 2.24) is 19.5 Å². The predicted octanol–water partition coefficient (Wildman–Crippen LogP) is 2.59. The van der Waals surface area contributed by atoms with E-state index in [1.807, 2.05) is 4.90 Å². The van der Waals surface area contributed by atoms with Gasteiger partial charge in [0.1, 0.15) is 0 Å². The Balaban J connectivity index is 1.69. The predicted molar refractivity (Wildman–Crippen MR) is 98.7 cm³/mol. The van der Waals surface area contributed by atoms with Crippen LogP contribution in [0.2, 0.25) is 0 Å². The van der Waals surface area contributed by atoms with Crippen molar-refractivity contribution in [3.63, 3.8) is 0 Å². The van der Waals surface area contributed by atoms with E-state index in [-0.39, 0.29) is 11.9 Å². The molecule has 2 N–H and O–H groups in total.